The van der Waals surface area contributed by atoms with E-state index in [1.165, 1.54) is 16.3 Å². The van der Waals surface area contributed by atoms with Gasteiger partial charge in [0.25, 0.3) is 0 Å². The summed E-state index contributed by atoms with van der Waals surface area (Å²) in [7, 11) is 0. The van der Waals surface area contributed by atoms with Gasteiger partial charge in [-0.05, 0) is 21.9 Å². The predicted octanol–water partition coefficient (Wildman–Crippen LogP) is 3.06. The van der Waals surface area contributed by atoms with E-state index in [9.17, 15) is 4.79 Å². The van der Waals surface area contributed by atoms with Gasteiger partial charge >= 0.3 is 0 Å². The van der Waals surface area contributed by atoms with Crippen LogP contribution in [-0.4, -0.2) is 6.29 Å². The molecule has 1 radical (unpaired) electrons. The molecule has 0 spiro atoms. The summed E-state index contributed by atoms with van der Waals surface area (Å²) in [5, 5.41) is 2.38. The smallest absolute Gasteiger partial charge is 0.210 e. The van der Waals surface area contributed by atoms with Crippen molar-refractivity contribution in [3.63, 3.8) is 0 Å². The van der Waals surface area contributed by atoms with Crippen LogP contribution in [0.1, 0.15) is 17.0 Å². The molecular formula is C14H9O. The van der Waals surface area contributed by atoms with Crippen molar-refractivity contribution in [1.82, 2.24) is 0 Å². The standard InChI is InChI=1S/C14H9O/c15-9-12-8-7-11-4-1-3-10-5-2-6-13(12)14(10)11/h1-8,12H. The van der Waals surface area contributed by atoms with Gasteiger partial charge in [-0.3, -0.25) is 4.79 Å². The van der Waals surface area contributed by atoms with Crippen LogP contribution in [0.2, 0.25) is 0 Å². The highest BCUT2D eigenvalue weighted by Crippen LogP contribution is 2.33. The van der Waals surface area contributed by atoms with Gasteiger partial charge in [0.15, 0.2) is 0 Å². The average molecular weight is 193 g/mol. The predicted molar refractivity (Wildman–Crippen MR) is 61.4 cm³/mol. The van der Waals surface area contributed by atoms with Gasteiger partial charge in [-0.1, -0.05) is 48.6 Å². The molecule has 1 atom stereocenters. The molecule has 0 heterocycles. The zero-order valence-electron chi connectivity index (χ0n) is 8.10. The Morgan fingerprint density at radius 1 is 1.07 bits per heavy atom. The second-order valence-electron chi connectivity index (χ2n) is 3.75. The number of hydrogen-bond donors (Lipinski definition) is 0. The Labute approximate surface area is 88.0 Å². The van der Waals surface area contributed by atoms with E-state index in [1.54, 1.807) is 0 Å². The Morgan fingerprint density at radius 3 is 2.67 bits per heavy atom. The van der Waals surface area contributed by atoms with E-state index in [1.807, 2.05) is 30.4 Å². The van der Waals surface area contributed by atoms with Crippen LogP contribution in [0.25, 0.3) is 16.8 Å². The molecule has 0 saturated heterocycles. The lowest BCUT2D eigenvalue weighted by Gasteiger charge is -2.16. The molecule has 0 saturated carbocycles. The summed E-state index contributed by atoms with van der Waals surface area (Å²) in [6, 6.07) is 12.3. The lowest BCUT2D eigenvalue weighted by atomic mass is 9.87. The van der Waals surface area contributed by atoms with Crippen molar-refractivity contribution in [2.45, 2.75) is 5.92 Å². The molecule has 15 heavy (non-hydrogen) atoms. The Hall–Kier alpha value is -1.89. The average Bonchev–Trinajstić information content (AvgIpc) is 2.30. The third-order valence-electron chi connectivity index (χ3n) is 2.90. The maximum atomic E-state index is 10.8. The van der Waals surface area contributed by atoms with E-state index < -0.39 is 0 Å². The molecule has 0 bridgehead atoms. The first-order valence-corrected chi connectivity index (χ1v) is 4.97. The minimum Gasteiger partial charge on any atom is -0.290 e. The molecule has 1 nitrogen and oxygen atoms in total. The van der Waals surface area contributed by atoms with Crippen molar-refractivity contribution in [2.24, 2.45) is 0 Å². The number of allylic oxidation sites excluding steroid dienone is 1. The molecule has 0 aliphatic heterocycles. The molecule has 0 aromatic heterocycles. The number of hydrogen-bond acceptors (Lipinski definition) is 1. The third-order valence-corrected chi connectivity index (χ3v) is 2.90. The van der Waals surface area contributed by atoms with E-state index >= 15 is 0 Å². The lowest BCUT2D eigenvalue weighted by Crippen LogP contribution is -2.01. The minimum atomic E-state index is -0.205. The van der Waals surface area contributed by atoms with E-state index in [-0.39, 0.29) is 5.92 Å². The highest BCUT2D eigenvalue weighted by Gasteiger charge is 2.16. The van der Waals surface area contributed by atoms with Crippen LogP contribution in [0.15, 0.2) is 42.5 Å². The third kappa shape index (κ3) is 1.13. The first kappa shape index (κ1) is 8.42. The van der Waals surface area contributed by atoms with E-state index in [0.29, 0.717) is 0 Å². The second-order valence-corrected chi connectivity index (χ2v) is 3.75. The van der Waals surface area contributed by atoms with Crippen LogP contribution in [0, 0.1) is 0 Å². The topological polar surface area (TPSA) is 17.1 Å². The van der Waals surface area contributed by atoms with Crippen LogP contribution in [0.4, 0.5) is 0 Å². The molecule has 0 amide bonds. The van der Waals surface area contributed by atoms with E-state index in [4.69, 9.17) is 0 Å². The zero-order valence-corrected chi connectivity index (χ0v) is 8.10. The summed E-state index contributed by atoms with van der Waals surface area (Å²) in [6.07, 6.45) is 5.98. The Morgan fingerprint density at radius 2 is 1.87 bits per heavy atom. The van der Waals surface area contributed by atoms with Gasteiger partial charge in [-0.25, -0.2) is 0 Å². The molecule has 0 N–H and O–H groups in total. The first-order chi connectivity index (χ1) is 7.40. The van der Waals surface area contributed by atoms with Crippen LogP contribution in [0.3, 0.4) is 0 Å². The van der Waals surface area contributed by atoms with Gasteiger partial charge in [0, 0.05) is 0 Å². The van der Waals surface area contributed by atoms with Gasteiger partial charge in [0.1, 0.15) is 0 Å². The number of rotatable bonds is 1. The molecule has 3 rings (SSSR count). The summed E-state index contributed by atoms with van der Waals surface area (Å²) in [6.45, 7) is 0. The summed E-state index contributed by atoms with van der Waals surface area (Å²) in [5.41, 5.74) is 2.26. The van der Waals surface area contributed by atoms with E-state index in [2.05, 4.69) is 24.5 Å². The Balaban J connectivity index is 2.46. The SMILES string of the molecule is O=[C]C1C=Cc2cccc3cccc1c23. The van der Waals surface area contributed by atoms with Gasteiger partial charge in [-0.15, -0.1) is 0 Å². The summed E-state index contributed by atoms with van der Waals surface area (Å²) >= 11 is 0. The van der Waals surface area contributed by atoms with Gasteiger partial charge in [0.05, 0.1) is 5.92 Å². The van der Waals surface area contributed by atoms with Crippen molar-refractivity contribution in [3.05, 3.63) is 53.6 Å². The maximum Gasteiger partial charge on any atom is 0.210 e. The fourth-order valence-corrected chi connectivity index (χ4v) is 2.20. The highest BCUT2D eigenvalue weighted by atomic mass is 16.1. The lowest BCUT2D eigenvalue weighted by molar-refractivity contribution is 0.550. The Bertz CT molecular complexity index is 561. The summed E-state index contributed by atoms with van der Waals surface area (Å²) in [5.74, 6) is -0.205. The van der Waals surface area contributed by atoms with Gasteiger partial charge in [0.2, 0.25) is 6.29 Å². The molecule has 2 aromatic rings. The number of benzene rings is 2. The molecule has 0 fully saturated rings. The quantitative estimate of drug-likeness (QED) is 0.680. The summed E-state index contributed by atoms with van der Waals surface area (Å²) < 4.78 is 0. The Kier molecular flexibility index (Phi) is 1.72. The molecule has 1 heteroatoms. The molecule has 1 aliphatic rings. The molecule has 71 valence electrons. The molecule has 1 unspecified atom stereocenters. The van der Waals surface area contributed by atoms with Gasteiger partial charge in [-0.2, -0.15) is 0 Å². The maximum absolute atomic E-state index is 10.8. The van der Waals surface area contributed by atoms with Crippen molar-refractivity contribution >= 4 is 23.1 Å². The minimum absolute atomic E-state index is 0.205. The van der Waals surface area contributed by atoms with Crippen LogP contribution in [-0.2, 0) is 4.79 Å². The fourth-order valence-electron chi connectivity index (χ4n) is 2.20. The molecule has 1 aliphatic carbocycles. The largest absolute Gasteiger partial charge is 0.290 e. The number of carbonyl (C=O) groups excluding carboxylic acids is 1. The highest BCUT2D eigenvalue weighted by molar-refractivity contribution is 5.98. The molecule has 2 aromatic carbocycles. The van der Waals surface area contributed by atoms with Crippen LogP contribution < -0.4 is 0 Å². The molecular weight excluding hydrogens is 184 g/mol. The fraction of sp³-hybridized carbons (Fsp3) is 0.0714. The van der Waals surface area contributed by atoms with Crippen molar-refractivity contribution in [1.29, 1.82) is 0 Å². The normalized spacial score (nSPS) is 18.0. The van der Waals surface area contributed by atoms with Crippen LogP contribution in [0.5, 0.6) is 0 Å². The van der Waals surface area contributed by atoms with E-state index in [0.717, 1.165) is 5.56 Å². The van der Waals surface area contributed by atoms with Crippen molar-refractivity contribution in [2.75, 3.05) is 0 Å². The first-order valence-electron chi connectivity index (χ1n) is 4.97. The zero-order chi connectivity index (χ0) is 10.3. The summed E-state index contributed by atoms with van der Waals surface area (Å²) in [4.78, 5) is 10.8. The van der Waals surface area contributed by atoms with Crippen molar-refractivity contribution < 1.29 is 4.79 Å². The van der Waals surface area contributed by atoms with Crippen LogP contribution >= 0.6 is 0 Å². The monoisotopic (exact) mass is 193 g/mol. The van der Waals surface area contributed by atoms with Gasteiger partial charge < -0.3 is 0 Å². The second kappa shape index (κ2) is 3.06. The van der Waals surface area contributed by atoms with Crippen molar-refractivity contribution in [3.8, 4) is 0 Å².